The van der Waals surface area contributed by atoms with Crippen molar-refractivity contribution in [3.63, 3.8) is 0 Å². The molecule has 3 heteroatoms. The van der Waals surface area contributed by atoms with E-state index in [1.165, 1.54) is 51.6 Å². The zero-order valence-electron chi connectivity index (χ0n) is 16.3. The van der Waals surface area contributed by atoms with Crippen LogP contribution in [0.25, 0.3) is 32.3 Å². The molecule has 4 aromatic carbocycles. The van der Waals surface area contributed by atoms with E-state index in [1.807, 2.05) is 0 Å². The minimum atomic E-state index is 0.697. The van der Waals surface area contributed by atoms with Gasteiger partial charge in [-0.1, -0.05) is 86.8 Å². The van der Waals surface area contributed by atoms with Gasteiger partial charge in [0.1, 0.15) is 0 Å². The van der Waals surface area contributed by atoms with Crippen LogP contribution >= 0.6 is 12.2 Å². The lowest BCUT2D eigenvalue weighted by Crippen LogP contribution is -2.29. The van der Waals surface area contributed by atoms with Gasteiger partial charge in [0, 0.05) is 17.6 Å². The second-order valence-electron chi connectivity index (χ2n) is 7.29. The van der Waals surface area contributed by atoms with Crippen molar-refractivity contribution in [2.75, 3.05) is 11.9 Å². The first-order valence-electron chi connectivity index (χ1n) is 10.2. The van der Waals surface area contributed by atoms with Crippen LogP contribution in [0.2, 0.25) is 0 Å². The molecular formula is C25H26N2S. The van der Waals surface area contributed by atoms with Gasteiger partial charge in [0.2, 0.25) is 0 Å². The lowest BCUT2D eigenvalue weighted by Gasteiger charge is -2.14. The Kier molecular flexibility index (Phi) is 5.73. The molecule has 0 amide bonds. The molecule has 0 aliphatic rings. The Morgan fingerprint density at radius 2 is 1.43 bits per heavy atom. The van der Waals surface area contributed by atoms with Gasteiger partial charge < -0.3 is 10.6 Å². The first-order chi connectivity index (χ1) is 13.8. The monoisotopic (exact) mass is 386 g/mol. The third-order valence-electron chi connectivity index (χ3n) is 5.35. The van der Waals surface area contributed by atoms with E-state index < -0.39 is 0 Å². The first kappa shape index (κ1) is 18.7. The molecule has 142 valence electrons. The summed E-state index contributed by atoms with van der Waals surface area (Å²) in [6, 6.07) is 23.8. The molecule has 0 heterocycles. The highest BCUT2D eigenvalue weighted by Gasteiger charge is 2.08. The molecule has 0 spiro atoms. The highest BCUT2D eigenvalue weighted by atomic mass is 32.1. The molecule has 0 aliphatic heterocycles. The minimum absolute atomic E-state index is 0.697. The van der Waals surface area contributed by atoms with Crippen LogP contribution in [0, 0.1) is 0 Å². The highest BCUT2D eigenvalue weighted by molar-refractivity contribution is 7.80. The van der Waals surface area contributed by atoms with Crippen LogP contribution in [-0.4, -0.2) is 11.7 Å². The molecule has 0 saturated carbocycles. The Morgan fingerprint density at radius 3 is 2.32 bits per heavy atom. The normalized spacial score (nSPS) is 11.2. The molecule has 2 nitrogen and oxygen atoms in total. The standard InChI is InChI=1S/C25H26N2S/c1-2-3-4-7-17-26-25(28)27-24-12-8-11-20-22-14-13-18-9-5-6-10-19(18)21(22)15-16-23(20)24/h5-6,8-16H,2-4,7,17H2,1H3,(H2,26,27,28). The molecule has 0 aromatic heterocycles. The number of benzene rings is 4. The minimum Gasteiger partial charge on any atom is -0.362 e. The van der Waals surface area contributed by atoms with Crippen LogP contribution in [0.4, 0.5) is 5.69 Å². The smallest absolute Gasteiger partial charge is 0.170 e. The van der Waals surface area contributed by atoms with Crippen molar-refractivity contribution in [2.45, 2.75) is 32.6 Å². The molecule has 0 bridgehead atoms. The molecule has 28 heavy (non-hydrogen) atoms. The van der Waals surface area contributed by atoms with Gasteiger partial charge in [-0.3, -0.25) is 0 Å². The van der Waals surface area contributed by atoms with Gasteiger partial charge >= 0.3 is 0 Å². The predicted octanol–water partition coefficient (Wildman–Crippen LogP) is 7.01. The van der Waals surface area contributed by atoms with Crippen LogP contribution in [0.5, 0.6) is 0 Å². The molecule has 0 radical (unpaired) electrons. The number of thiocarbonyl (C=S) groups is 1. The van der Waals surface area contributed by atoms with E-state index in [0.29, 0.717) is 5.11 Å². The van der Waals surface area contributed by atoms with E-state index in [2.05, 4.69) is 84.3 Å². The Labute approximate surface area is 171 Å². The number of unbranched alkanes of at least 4 members (excludes halogenated alkanes) is 3. The van der Waals surface area contributed by atoms with E-state index in [4.69, 9.17) is 12.2 Å². The van der Waals surface area contributed by atoms with E-state index in [1.54, 1.807) is 0 Å². The van der Waals surface area contributed by atoms with Gasteiger partial charge in [0.05, 0.1) is 0 Å². The Hall–Kier alpha value is -2.65. The van der Waals surface area contributed by atoms with Crippen LogP contribution in [-0.2, 0) is 0 Å². The molecule has 0 atom stereocenters. The number of anilines is 1. The summed E-state index contributed by atoms with van der Waals surface area (Å²) >= 11 is 5.51. The third kappa shape index (κ3) is 3.81. The van der Waals surface area contributed by atoms with Crippen molar-refractivity contribution in [1.29, 1.82) is 0 Å². The van der Waals surface area contributed by atoms with E-state index in [9.17, 15) is 0 Å². The zero-order valence-corrected chi connectivity index (χ0v) is 17.1. The fourth-order valence-corrected chi connectivity index (χ4v) is 4.10. The molecule has 0 saturated heterocycles. The van der Waals surface area contributed by atoms with Gasteiger partial charge in [-0.15, -0.1) is 0 Å². The van der Waals surface area contributed by atoms with Crippen molar-refractivity contribution in [3.8, 4) is 0 Å². The summed E-state index contributed by atoms with van der Waals surface area (Å²) in [5.41, 5.74) is 1.05. The summed E-state index contributed by atoms with van der Waals surface area (Å²) in [6.07, 6.45) is 4.94. The molecule has 0 aliphatic carbocycles. The molecule has 0 fully saturated rings. The maximum Gasteiger partial charge on any atom is 0.170 e. The van der Waals surface area contributed by atoms with Crippen LogP contribution in [0.1, 0.15) is 32.6 Å². The van der Waals surface area contributed by atoms with Crippen molar-refractivity contribution in [2.24, 2.45) is 0 Å². The predicted molar refractivity (Wildman–Crippen MR) is 127 cm³/mol. The number of hydrogen-bond donors (Lipinski definition) is 2. The topological polar surface area (TPSA) is 24.1 Å². The summed E-state index contributed by atoms with van der Waals surface area (Å²) in [5.74, 6) is 0. The summed E-state index contributed by atoms with van der Waals surface area (Å²) in [4.78, 5) is 0. The van der Waals surface area contributed by atoms with Gasteiger partial charge in [0.15, 0.2) is 5.11 Å². The molecule has 4 rings (SSSR count). The van der Waals surface area contributed by atoms with Gasteiger partial charge in [-0.05, 0) is 51.6 Å². The largest absolute Gasteiger partial charge is 0.362 e. The SMILES string of the molecule is CCCCCCNC(=S)Nc1cccc2c1ccc1c3ccccc3ccc21. The quantitative estimate of drug-likeness (QED) is 0.212. The van der Waals surface area contributed by atoms with E-state index in [0.717, 1.165) is 18.7 Å². The summed E-state index contributed by atoms with van der Waals surface area (Å²) in [7, 11) is 0. The zero-order chi connectivity index (χ0) is 19.3. The van der Waals surface area contributed by atoms with Crippen LogP contribution < -0.4 is 10.6 Å². The summed E-state index contributed by atoms with van der Waals surface area (Å²) in [6.45, 7) is 3.15. The molecular weight excluding hydrogens is 360 g/mol. The number of nitrogens with one attached hydrogen (secondary N) is 2. The van der Waals surface area contributed by atoms with Crippen LogP contribution in [0.15, 0.2) is 66.7 Å². The van der Waals surface area contributed by atoms with Gasteiger partial charge in [-0.25, -0.2) is 0 Å². The maximum absolute atomic E-state index is 5.51. The Balaban J connectivity index is 1.62. The Bertz CT molecular complexity index is 1130. The lowest BCUT2D eigenvalue weighted by atomic mass is 9.96. The van der Waals surface area contributed by atoms with E-state index in [-0.39, 0.29) is 0 Å². The van der Waals surface area contributed by atoms with Gasteiger partial charge in [0.25, 0.3) is 0 Å². The lowest BCUT2D eigenvalue weighted by molar-refractivity contribution is 0.655. The second-order valence-corrected chi connectivity index (χ2v) is 7.70. The summed E-state index contributed by atoms with van der Waals surface area (Å²) < 4.78 is 0. The molecule has 0 unspecified atom stereocenters. The Morgan fingerprint density at radius 1 is 0.714 bits per heavy atom. The fraction of sp³-hybridized carbons (Fsp3) is 0.240. The number of fused-ring (bicyclic) bond motifs is 5. The van der Waals surface area contributed by atoms with Crippen molar-refractivity contribution in [3.05, 3.63) is 66.7 Å². The van der Waals surface area contributed by atoms with Crippen LogP contribution in [0.3, 0.4) is 0 Å². The van der Waals surface area contributed by atoms with Crippen molar-refractivity contribution < 1.29 is 0 Å². The third-order valence-corrected chi connectivity index (χ3v) is 5.59. The van der Waals surface area contributed by atoms with Gasteiger partial charge in [-0.2, -0.15) is 0 Å². The fourth-order valence-electron chi connectivity index (χ4n) is 3.89. The highest BCUT2D eigenvalue weighted by Crippen LogP contribution is 2.34. The molecule has 4 aromatic rings. The molecule has 2 N–H and O–H groups in total. The van der Waals surface area contributed by atoms with Crippen molar-refractivity contribution in [1.82, 2.24) is 5.32 Å². The average molecular weight is 387 g/mol. The number of rotatable bonds is 6. The van der Waals surface area contributed by atoms with Crippen molar-refractivity contribution >= 4 is 55.3 Å². The average Bonchev–Trinajstić information content (AvgIpc) is 2.73. The second kappa shape index (κ2) is 8.57. The number of hydrogen-bond acceptors (Lipinski definition) is 1. The summed E-state index contributed by atoms with van der Waals surface area (Å²) in [5, 5.41) is 15.0. The van der Waals surface area contributed by atoms with E-state index >= 15 is 0 Å². The maximum atomic E-state index is 5.51. The first-order valence-corrected chi connectivity index (χ1v) is 10.6.